The number of benzene rings is 1. The molecule has 12 heteroatoms. The number of ether oxygens (including phenoxy) is 1. The van der Waals surface area contributed by atoms with Crippen LogP contribution in [-0.4, -0.2) is 31.8 Å². The van der Waals surface area contributed by atoms with Crippen molar-refractivity contribution < 1.29 is 19.4 Å². The molecule has 1 aliphatic carbocycles. The van der Waals surface area contributed by atoms with Crippen LogP contribution in [0.5, 0.6) is 5.88 Å². The zero-order valence-corrected chi connectivity index (χ0v) is 15.9. The molecule has 1 aromatic heterocycles. The first-order valence-corrected chi connectivity index (χ1v) is 9.38. The summed E-state index contributed by atoms with van der Waals surface area (Å²) in [5, 5.41) is 22.2. The van der Waals surface area contributed by atoms with Crippen LogP contribution in [0.15, 0.2) is 30.6 Å². The number of nitro benzene ring substituents is 1. The molecule has 0 atom stereocenters. The van der Waals surface area contributed by atoms with Crippen molar-refractivity contribution in [3.8, 4) is 5.88 Å². The highest BCUT2D eigenvalue weighted by atomic mass is 16.6. The average Bonchev–Trinajstić information content (AvgIpc) is 2.73. The normalized spacial score (nSPS) is 14.0. The number of anilines is 1. The van der Waals surface area contributed by atoms with E-state index in [-0.39, 0.29) is 29.9 Å². The zero-order valence-electron chi connectivity index (χ0n) is 15.9. The fourth-order valence-electron chi connectivity index (χ4n) is 3.14. The molecular formula is C18H20N6O6. The molecule has 2 N–H and O–H groups in total. The van der Waals surface area contributed by atoms with E-state index in [2.05, 4.69) is 20.8 Å². The summed E-state index contributed by atoms with van der Waals surface area (Å²) in [6.07, 6.45) is 5.59. The van der Waals surface area contributed by atoms with E-state index in [1.165, 1.54) is 24.3 Å². The Morgan fingerprint density at radius 2 is 1.77 bits per heavy atom. The van der Waals surface area contributed by atoms with E-state index in [0.29, 0.717) is 5.56 Å². The van der Waals surface area contributed by atoms with Gasteiger partial charge in [0.15, 0.2) is 0 Å². The summed E-state index contributed by atoms with van der Waals surface area (Å²) in [6.45, 7) is 0. The Kier molecular flexibility index (Phi) is 6.67. The monoisotopic (exact) mass is 416 g/mol. The van der Waals surface area contributed by atoms with Gasteiger partial charge in [-0.05, 0) is 31.2 Å². The van der Waals surface area contributed by atoms with E-state index in [1.54, 1.807) is 0 Å². The topological polar surface area (TPSA) is 162 Å². The number of rotatable bonds is 8. The Bertz CT molecular complexity index is 929. The molecule has 158 valence electrons. The Labute approximate surface area is 170 Å². The summed E-state index contributed by atoms with van der Waals surface area (Å²) in [5.41, 5.74) is 4.78. The molecule has 0 unspecified atom stereocenters. The molecule has 30 heavy (non-hydrogen) atoms. The summed E-state index contributed by atoms with van der Waals surface area (Å²) < 4.78 is 5.72. The number of non-ortho nitro benzene ring substituents is 1. The van der Waals surface area contributed by atoms with Crippen LogP contribution in [0, 0.1) is 20.2 Å². The highest BCUT2D eigenvalue weighted by molar-refractivity contribution is 5.80. The van der Waals surface area contributed by atoms with Crippen molar-refractivity contribution in [1.29, 1.82) is 0 Å². The Hall–Kier alpha value is -3.83. The number of nitrogens with one attached hydrogen (secondary N) is 2. The van der Waals surface area contributed by atoms with Crippen LogP contribution in [0.1, 0.15) is 37.7 Å². The third-order valence-corrected chi connectivity index (χ3v) is 4.63. The van der Waals surface area contributed by atoms with E-state index in [9.17, 15) is 25.0 Å². The van der Waals surface area contributed by atoms with Gasteiger partial charge in [0.2, 0.25) is 11.7 Å². The number of hydrogen-bond donors (Lipinski definition) is 2. The lowest BCUT2D eigenvalue weighted by Crippen LogP contribution is -2.31. The first kappa shape index (κ1) is 20.9. The van der Waals surface area contributed by atoms with Crippen molar-refractivity contribution in [3.63, 3.8) is 0 Å². The van der Waals surface area contributed by atoms with Crippen molar-refractivity contribution in [2.75, 3.05) is 5.43 Å². The first-order chi connectivity index (χ1) is 14.4. The van der Waals surface area contributed by atoms with Gasteiger partial charge in [0.25, 0.3) is 11.6 Å². The van der Waals surface area contributed by atoms with Gasteiger partial charge in [0.1, 0.15) is 12.4 Å². The molecule has 1 aromatic carbocycles. The molecule has 1 fully saturated rings. The minimum Gasteiger partial charge on any atom is -0.469 e. The van der Waals surface area contributed by atoms with Crippen molar-refractivity contribution in [2.45, 2.75) is 44.6 Å². The predicted molar refractivity (Wildman–Crippen MR) is 105 cm³/mol. The second kappa shape index (κ2) is 9.58. The number of amides is 1. The van der Waals surface area contributed by atoms with Crippen molar-refractivity contribution in [1.82, 2.24) is 15.4 Å². The minimum absolute atomic E-state index is 0.0839. The van der Waals surface area contributed by atoms with E-state index < -0.39 is 21.4 Å². The van der Waals surface area contributed by atoms with Gasteiger partial charge in [-0.15, -0.1) is 0 Å². The van der Waals surface area contributed by atoms with Gasteiger partial charge in [-0.1, -0.05) is 18.6 Å². The van der Waals surface area contributed by atoms with E-state index in [4.69, 9.17) is 4.74 Å². The number of hydrogen-bond acceptors (Lipinski definition) is 9. The van der Waals surface area contributed by atoms with E-state index in [1.807, 2.05) is 0 Å². The minimum atomic E-state index is -0.664. The Morgan fingerprint density at radius 3 is 2.40 bits per heavy atom. The third kappa shape index (κ3) is 5.37. The molecule has 12 nitrogen and oxygen atoms in total. The number of hydrazine groups is 1. The summed E-state index contributed by atoms with van der Waals surface area (Å²) in [4.78, 5) is 40.9. The molecule has 1 heterocycles. The van der Waals surface area contributed by atoms with Crippen LogP contribution in [0.25, 0.3) is 0 Å². The lowest BCUT2D eigenvalue weighted by Gasteiger charge is -2.22. The fraction of sp³-hybridized carbons (Fsp3) is 0.389. The zero-order chi connectivity index (χ0) is 21.5. The van der Waals surface area contributed by atoms with Gasteiger partial charge in [-0.3, -0.25) is 35.9 Å². The highest BCUT2D eigenvalue weighted by Crippen LogP contribution is 2.33. The summed E-state index contributed by atoms with van der Waals surface area (Å²) in [5.74, 6) is -0.849. The van der Waals surface area contributed by atoms with Crippen LogP contribution in [0.3, 0.4) is 0 Å². The fourth-order valence-corrected chi connectivity index (χ4v) is 3.14. The second-order valence-electron chi connectivity index (χ2n) is 6.78. The Balaban J connectivity index is 1.65. The molecule has 0 bridgehead atoms. The lowest BCUT2D eigenvalue weighted by molar-refractivity contribution is -0.385. The van der Waals surface area contributed by atoms with E-state index in [0.717, 1.165) is 38.4 Å². The van der Waals surface area contributed by atoms with E-state index >= 15 is 0 Å². The van der Waals surface area contributed by atoms with Crippen LogP contribution in [-0.2, 0) is 11.2 Å². The summed E-state index contributed by atoms with van der Waals surface area (Å²) in [6, 6.07) is 5.50. The molecule has 1 saturated carbocycles. The van der Waals surface area contributed by atoms with Gasteiger partial charge in [-0.2, -0.15) is 4.98 Å². The maximum atomic E-state index is 12.1. The lowest BCUT2D eigenvalue weighted by atomic mass is 9.98. The highest BCUT2D eigenvalue weighted by Gasteiger charge is 2.27. The molecule has 0 radical (unpaired) electrons. The SMILES string of the molecule is O=C(Cc1ccc([N+](=O)[O-])cc1)NNc1ncnc(OC2CCCCC2)c1[N+](=O)[O-]. The third-order valence-electron chi connectivity index (χ3n) is 4.63. The molecule has 1 aliphatic rings. The number of carbonyl (C=O) groups excluding carboxylic acids is 1. The second-order valence-corrected chi connectivity index (χ2v) is 6.78. The molecule has 0 aliphatic heterocycles. The standard InChI is InChI=1S/C18H20N6O6/c25-15(10-12-6-8-13(9-7-12)23(26)27)21-22-17-16(24(28)29)18(20-11-19-17)30-14-4-2-1-3-5-14/h6-9,11,14H,1-5,10H2,(H,21,25)(H,19,20,22). The van der Waals surface area contributed by atoms with Crippen LogP contribution < -0.4 is 15.6 Å². The van der Waals surface area contributed by atoms with Crippen molar-refractivity contribution >= 4 is 23.1 Å². The van der Waals surface area contributed by atoms with Crippen LogP contribution >= 0.6 is 0 Å². The number of carbonyl (C=O) groups is 1. The van der Waals surface area contributed by atoms with Crippen LogP contribution in [0.4, 0.5) is 17.2 Å². The van der Waals surface area contributed by atoms with Crippen molar-refractivity contribution in [2.24, 2.45) is 0 Å². The quantitative estimate of drug-likeness (QED) is 0.486. The van der Waals surface area contributed by atoms with Crippen molar-refractivity contribution in [3.05, 3.63) is 56.4 Å². The Morgan fingerprint density at radius 1 is 1.07 bits per heavy atom. The number of aromatic nitrogens is 2. The number of nitro groups is 2. The number of nitrogens with zero attached hydrogens (tertiary/aromatic N) is 4. The van der Waals surface area contributed by atoms with Crippen LogP contribution in [0.2, 0.25) is 0 Å². The molecule has 2 aromatic rings. The average molecular weight is 416 g/mol. The molecule has 0 spiro atoms. The van der Waals surface area contributed by atoms with Gasteiger partial charge in [0.05, 0.1) is 16.3 Å². The molecule has 0 saturated heterocycles. The van der Waals surface area contributed by atoms with Gasteiger partial charge in [0, 0.05) is 12.1 Å². The molecular weight excluding hydrogens is 396 g/mol. The van der Waals surface area contributed by atoms with Gasteiger partial charge in [-0.25, -0.2) is 4.98 Å². The maximum absolute atomic E-state index is 12.1. The van der Waals surface area contributed by atoms with Gasteiger partial charge < -0.3 is 4.74 Å². The molecule has 3 rings (SSSR count). The largest absolute Gasteiger partial charge is 0.469 e. The smallest absolute Gasteiger partial charge is 0.374 e. The summed E-state index contributed by atoms with van der Waals surface area (Å²) >= 11 is 0. The van der Waals surface area contributed by atoms with Gasteiger partial charge >= 0.3 is 5.69 Å². The summed E-state index contributed by atoms with van der Waals surface area (Å²) in [7, 11) is 0. The predicted octanol–water partition coefficient (Wildman–Crippen LogP) is 2.69. The maximum Gasteiger partial charge on any atom is 0.374 e. The molecule has 1 amide bonds. The first-order valence-electron chi connectivity index (χ1n) is 9.38.